The van der Waals surface area contributed by atoms with E-state index in [0.29, 0.717) is 5.82 Å². The van der Waals surface area contributed by atoms with Crippen molar-refractivity contribution >= 4 is 34.1 Å². The first-order chi connectivity index (χ1) is 5.86. The second-order valence-electron chi connectivity index (χ2n) is 2.09. The van der Waals surface area contributed by atoms with Crippen LogP contribution < -0.4 is 0 Å². The van der Waals surface area contributed by atoms with E-state index >= 15 is 0 Å². The summed E-state index contributed by atoms with van der Waals surface area (Å²) in [5.74, 6) is 0.713. The van der Waals surface area contributed by atoms with Crippen LogP contribution in [0, 0.1) is 3.01 Å². The predicted molar refractivity (Wildman–Crippen MR) is 55.9 cm³/mol. The molecule has 0 fully saturated rings. The van der Waals surface area contributed by atoms with Gasteiger partial charge in [0.1, 0.15) is 5.69 Å². The maximum absolute atomic E-state index is 4.21. The summed E-state index contributed by atoms with van der Waals surface area (Å²) in [6, 6.07) is 5.70. The minimum Gasteiger partial charge on any atom is -0.253 e. The Morgan fingerprint density at radius 3 is 2.83 bits per heavy atom. The smallest absolute Gasteiger partial charge is 0.192 e. The first-order valence-electron chi connectivity index (χ1n) is 3.27. The molecule has 60 valence electrons. The number of halogens is 1. The highest BCUT2D eigenvalue weighted by molar-refractivity contribution is 14.1. The molecule has 0 spiro atoms. The van der Waals surface area contributed by atoms with Gasteiger partial charge >= 0.3 is 0 Å². The number of aromatic nitrogens is 3. The molecule has 2 rings (SSSR count). The van der Waals surface area contributed by atoms with Crippen LogP contribution in [-0.4, -0.2) is 14.3 Å². The van der Waals surface area contributed by atoms with Crippen LogP contribution in [0.4, 0.5) is 0 Å². The Morgan fingerprint density at radius 1 is 1.33 bits per heavy atom. The first-order valence-corrected chi connectivity index (χ1v) is 5.12. The maximum Gasteiger partial charge on any atom is 0.192 e. The monoisotopic (exact) mass is 289 g/mol. The Hall–Kier alpha value is -0.560. The Labute approximate surface area is 87.2 Å². The van der Waals surface area contributed by atoms with Gasteiger partial charge in [0.25, 0.3) is 0 Å². The van der Waals surface area contributed by atoms with Crippen LogP contribution in [0.15, 0.2) is 24.4 Å². The predicted octanol–water partition coefficient (Wildman–Crippen LogP) is 2.20. The van der Waals surface area contributed by atoms with Crippen molar-refractivity contribution in [1.29, 1.82) is 0 Å². The summed E-state index contributed by atoms with van der Waals surface area (Å²) in [5.41, 5.74) is 0.830. The van der Waals surface area contributed by atoms with E-state index in [2.05, 4.69) is 36.9 Å². The van der Waals surface area contributed by atoms with Crippen molar-refractivity contribution in [3.05, 3.63) is 27.4 Å². The highest BCUT2D eigenvalue weighted by atomic mass is 127. The zero-order valence-corrected chi connectivity index (χ0v) is 8.91. The highest BCUT2D eigenvalue weighted by Crippen LogP contribution is 2.15. The molecule has 0 N–H and O–H groups in total. The summed E-state index contributed by atoms with van der Waals surface area (Å²) in [5, 5.41) is 0. The van der Waals surface area contributed by atoms with E-state index < -0.39 is 0 Å². The molecular formula is C7H4IN3S. The maximum atomic E-state index is 4.21. The van der Waals surface area contributed by atoms with Gasteiger partial charge in [-0.3, -0.25) is 4.98 Å². The average Bonchev–Trinajstić information content (AvgIpc) is 2.54. The van der Waals surface area contributed by atoms with Crippen molar-refractivity contribution in [3.63, 3.8) is 0 Å². The molecule has 0 saturated heterocycles. The number of nitrogens with zero attached hydrogens (tertiary/aromatic N) is 3. The third-order valence-corrected chi connectivity index (χ3v) is 2.63. The van der Waals surface area contributed by atoms with Gasteiger partial charge in [0.15, 0.2) is 8.84 Å². The van der Waals surface area contributed by atoms with Gasteiger partial charge in [-0.15, -0.1) is 0 Å². The van der Waals surface area contributed by atoms with Crippen molar-refractivity contribution in [2.24, 2.45) is 0 Å². The SMILES string of the molecule is Ic1nc(-c2ccccn2)ns1. The van der Waals surface area contributed by atoms with Gasteiger partial charge < -0.3 is 0 Å². The minimum absolute atomic E-state index is 0.713. The molecular weight excluding hydrogens is 285 g/mol. The number of hydrogen-bond acceptors (Lipinski definition) is 4. The van der Waals surface area contributed by atoms with Crippen LogP contribution in [0.2, 0.25) is 0 Å². The molecule has 0 atom stereocenters. The molecule has 0 bridgehead atoms. The van der Waals surface area contributed by atoms with Gasteiger partial charge in [-0.1, -0.05) is 6.07 Å². The zero-order chi connectivity index (χ0) is 8.39. The molecule has 0 saturated carbocycles. The lowest BCUT2D eigenvalue weighted by Gasteiger charge is -1.89. The average molecular weight is 289 g/mol. The second-order valence-corrected chi connectivity index (χ2v) is 4.59. The van der Waals surface area contributed by atoms with E-state index in [1.54, 1.807) is 6.20 Å². The lowest BCUT2D eigenvalue weighted by atomic mass is 10.3. The molecule has 0 aliphatic heterocycles. The molecule has 0 aliphatic carbocycles. The third-order valence-electron chi connectivity index (χ3n) is 1.30. The molecule has 5 heteroatoms. The van der Waals surface area contributed by atoms with E-state index in [9.17, 15) is 0 Å². The van der Waals surface area contributed by atoms with Gasteiger partial charge in [0.2, 0.25) is 0 Å². The number of hydrogen-bond donors (Lipinski definition) is 0. The number of rotatable bonds is 1. The molecule has 0 amide bonds. The van der Waals surface area contributed by atoms with Crippen LogP contribution in [0.25, 0.3) is 11.5 Å². The van der Waals surface area contributed by atoms with Crippen LogP contribution in [0.5, 0.6) is 0 Å². The second kappa shape index (κ2) is 3.44. The zero-order valence-electron chi connectivity index (χ0n) is 5.94. The topological polar surface area (TPSA) is 38.7 Å². The summed E-state index contributed by atoms with van der Waals surface area (Å²) in [4.78, 5) is 8.35. The van der Waals surface area contributed by atoms with Crippen molar-refractivity contribution in [3.8, 4) is 11.5 Å². The minimum atomic E-state index is 0.713. The van der Waals surface area contributed by atoms with Crippen LogP contribution >= 0.6 is 34.1 Å². The van der Waals surface area contributed by atoms with E-state index in [4.69, 9.17) is 0 Å². The van der Waals surface area contributed by atoms with Crippen molar-refractivity contribution in [2.75, 3.05) is 0 Å². The first kappa shape index (κ1) is 8.06. The van der Waals surface area contributed by atoms with E-state index in [1.165, 1.54) is 11.5 Å². The quantitative estimate of drug-likeness (QED) is 0.755. The molecule has 0 aliphatic rings. The van der Waals surface area contributed by atoms with E-state index in [0.717, 1.165) is 8.71 Å². The lowest BCUT2D eigenvalue weighted by Crippen LogP contribution is -1.83. The van der Waals surface area contributed by atoms with Crippen LogP contribution in [-0.2, 0) is 0 Å². The van der Waals surface area contributed by atoms with Crippen molar-refractivity contribution in [2.45, 2.75) is 0 Å². The van der Waals surface area contributed by atoms with Gasteiger partial charge in [0.05, 0.1) is 0 Å². The fraction of sp³-hybridized carbons (Fsp3) is 0. The van der Waals surface area contributed by atoms with Gasteiger partial charge in [-0.05, 0) is 46.3 Å². The summed E-state index contributed by atoms with van der Waals surface area (Å²) in [6.07, 6.45) is 1.74. The molecule has 3 nitrogen and oxygen atoms in total. The van der Waals surface area contributed by atoms with E-state index in [-0.39, 0.29) is 0 Å². The molecule has 12 heavy (non-hydrogen) atoms. The third kappa shape index (κ3) is 1.61. The Morgan fingerprint density at radius 2 is 2.25 bits per heavy atom. The fourth-order valence-corrected chi connectivity index (χ4v) is 1.75. The summed E-state index contributed by atoms with van der Waals surface area (Å²) in [6.45, 7) is 0. The van der Waals surface area contributed by atoms with E-state index in [1.807, 2.05) is 18.2 Å². The molecule has 2 aromatic rings. The molecule has 0 aromatic carbocycles. The molecule has 0 unspecified atom stereocenters. The molecule has 2 aromatic heterocycles. The van der Waals surface area contributed by atoms with Gasteiger partial charge in [0, 0.05) is 6.20 Å². The Kier molecular flexibility index (Phi) is 2.31. The lowest BCUT2D eigenvalue weighted by molar-refractivity contribution is 1.22. The van der Waals surface area contributed by atoms with Crippen LogP contribution in [0.3, 0.4) is 0 Å². The van der Waals surface area contributed by atoms with Crippen LogP contribution in [0.1, 0.15) is 0 Å². The largest absolute Gasteiger partial charge is 0.253 e. The Balaban J connectivity index is 2.45. The summed E-state index contributed by atoms with van der Waals surface area (Å²) < 4.78 is 5.08. The Bertz CT molecular complexity index is 373. The van der Waals surface area contributed by atoms with Crippen molar-refractivity contribution < 1.29 is 0 Å². The summed E-state index contributed by atoms with van der Waals surface area (Å²) >= 11 is 3.53. The van der Waals surface area contributed by atoms with Gasteiger partial charge in [-0.25, -0.2) is 4.98 Å². The normalized spacial score (nSPS) is 10.1. The highest BCUT2D eigenvalue weighted by Gasteiger charge is 2.03. The summed E-state index contributed by atoms with van der Waals surface area (Å²) in [7, 11) is 0. The number of pyridine rings is 1. The fourth-order valence-electron chi connectivity index (χ4n) is 0.804. The standard InChI is InChI=1S/C7H4IN3S/c8-7-10-6(11-12-7)5-3-1-2-4-9-5/h1-4H. The molecule has 0 radical (unpaired) electrons. The molecule has 2 heterocycles. The van der Waals surface area contributed by atoms with Gasteiger partial charge in [-0.2, -0.15) is 4.37 Å². The van der Waals surface area contributed by atoms with Crippen molar-refractivity contribution in [1.82, 2.24) is 14.3 Å².